The maximum Gasteiger partial charge on any atom is 0.127 e. The van der Waals surface area contributed by atoms with E-state index < -0.39 is 0 Å². The first-order chi connectivity index (χ1) is 6.95. The van der Waals surface area contributed by atoms with Gasteiger partial charge in [-0.15, -0.1) is 11.3 Å². The minimum absolute atomic E-state index is 0.803. The molecule has 0 saturated carbocycles. The zero-order valence-corrected chi connectivity index (χ0v) is 8.16. The third kappa shape index (κ3) is 1.06. The van der Waals surface area contributed by atoms with Gasteiger partial charge in [0.25, 0.3) is 0 Å². The third-order valence-corrected chi connectivity index (χ3v) is 2.97. The van der Waals surface area contributed by atoms with E-state index >= 15 is 0 Å². The summed E-state index contributed by atoms with van der Waals surface area (Å²) in [5.74, 6) is 0. The molecule has 0 fully saturated rings. The lowest BCUT2D eigenvalue weighted by molar-refractivity contribution is 0.357. The van der Waals surface area contributed by atoms with Crippen LogP contribution < -0.4 is 5.43 Å². The van der Waals surface area contributed by atoms with E-state index in [4.69, 9.17) is 0 Å². The van der Waals surface area contributed by atoms with Crippen LogP contribution in [0.4, 0.5) is 0 Å². The van der Waals surface area contributed by atoms with Crippen LogP contribution >= 0.6 is 11.3 Å². The fourth-order valence-electron chi connectivity index (χ4n) is 1.50. The number of thiazole rings is 1. The number of rotatable bonds is 1. The molecule has 0 unspecified atom stereocenters. The second-order valence-electron chi connectivity index (χ2n) is 2.98. The highest BCUT2D eigenvalue weighted by Crippen LogP contribution is 2.30. The Bertz CT molecular complexity index is 430. The van der Waals surface area contributed by atoms with Gasteiger partial charge in [0.2, 0.25) is 0 Å². The molecule has 4 nitrogen and oxygen atoms in total. The molecule has 1 aromatic rings. The standard InChI is InChI=1S/C9H8N4S/c1-3-13-8(6-10-1)7(5-12-13)9-11-2-4-14-9/h1-2,4-6,12H,3H2. The van der Waals surface area contributed by atoms with Gasteiger partial charge in [0, 0.05) is 24.0 Å². The zero-order chi connectivity index (χ0) is 9.38. The van der Waals surface area contributed by atoms with Crippen LogP contribution in [-0.2, 0) is 0 Å². The SMILES string of the molecule is C1=NC=C2C(c3nccs3)=CNN2C1. The molecule has 3 heterocycles. The fraction of sp³-hybridized carbons (Fsp3) is 0.111. The number of allylic oxidation sites excluding steroid dienone is 1. The monoisotopic (exact) mass is 204 g/mol. The molecule has 3 rings (SSSR count). The number of nitrogens with zero attached hydrogens (tertiary/aromatic N) is 3. The summed E-state index contributed by atoms with van der Waals surface area (Å²) in [6.45, 7) is 0.803. The van der Waals surface area contributed by atoms with E-state index in [1.807, 2.05) is 35.2 Å². The Morgan fingerprint density at radius 1 is 1.50 bits per heavy atom. The predicted molar refractivity (Wildman–Crippen MR) is 56.5 cm³/mol. The van der Waals surface area contributed by atoms with Crippen molar-refractivity contribution < 1.29 is 0 Å². The van der Waals surface area contributed by atoms with Gasteiger partial charge in [-0.1, -0.05) is 0 Å². The molecular formula is C9H8N4S. The van der Waals surface area contributed by atoms with E-state index in [0.717, 1.165) is 22.8 Å². The summed E-state index contributed by atoms with van der Waals surface area (Å²) < 4.78 is 0. The van der Waals surface area contributed by atoms with Crippen LogP contribution in [-0.4, -0.2) is 22.8 Å². The molecular weight excluding hydrogens is 196 g/mol. The predicted octanol–water partition coefficient (Wildman–Crippen LogP) is 1.23. The fourth-order valence-corrected chi connectivity index (χ4v) is 2.16. The highest BCUT2D eigenvalue weighted by atomic mass is 32.1. The van der Waals surface area contributed by atoms with E-state index in [9.17, 15) is 0 Å². The lowest BCUT2D eigenvalue weighted by Gasteiger charge is -2.20. The summed E-state index contributed by atoms with van der Waals surface area (Å²) in [6.07, 6.45) is 7.52. The first-order valence-electron chi connectivity index (χ1n) is 4.31. The van der Waals surface area contributed by atoms with Gasteiger partial charge in [-0.05, 0) is 0 Å². The van der Waals surface area contributed by atoms with E-state index in [1.54, 1.807) is 11.3 Å². The van der Waals surface area contributed by atoms with Crippen LogP contribution in [0.2, 0.25) is 0 Å². The van der Waals surface area contributed by atoms with Gasteiger partial charge in [0.05, 0.1) is 24.0 Å². The van der Waals surface area contributed by atoms with Crippen molar-refractivity contribution in [2.75, 3.05) is 6.54 Å². The summed E-state index contributed by atoms with van der Waals surface area (Å²) in [7, 11) is 0. The Morgan fingerprint density at radius 2 is 2.50 bits per heavy atom. The Labute approximate surface area is 85.3 Å². The first-order valence-corrected chi connectivity index (χ1v) is 5.19. The molecule has 0 spiro atoms. The van der Waals surface area contributed by atoms with Crippen molar-refractivity contribution in [2.24, 2.45) is 4.99 Å². The van der Waals surface area contributed by atoms with Crippen molar-refractivity contribution in [3.8, 4) is 0 Å². The van der Waals surface area contributed by atoms with Gasteiger partial charge in [-0.3, -0.25) is 10.0 Å². The van der Waals surface area contributed by atoms with Crippen molar-refractivity contribution >= 4 is 23.1 Å². The lowest BCUT2D eigenvalue weighted by atomic mass is 10.2. The Hall–Kier alpha value is -1.62. The van der Waals surface area contributed by atoms with Gasteiger partial charge in [-0.2, -0.15) is 0 Å². The van der Waals surface area contributed by atoms with Gasteiger partial charge >= 0.3 is 0 Å². The Kier molecular flexibility index (Phi) is 1.63. The quantitative estimate of drug-likeness (QED) is 0.748. The number of fused-ring (bicyclic) bond motifs is 1. The summed E-state index contributed by atoms with van der Waals surface area (Å²) in [5.41, 5.74) is 5.40. The molecule has 5 heteroatoms. The molecule has 0 atom stereocenters. The van der Waals surface area contributed by atoms with E-state index in [-0.39, 0.29) is 0 Å². The number of aromatic nitrogens is 1. The van der Waals surface area contributed by atoms with Crippen molar-refractivity contribution in [3.63, 3.8) is 0 Å². The average molecular weight is 204 g/mol. The number of hydrogen-bond acceptors (Lipinski definition) is 5. The van der Waals surface area contributed by atoms with Crippen molar-refractivity contribution in [1.82, 2.24) is 15.4 Å². The normalized spacial score (nSPS) is 18.7. The molecule has 0 radical (unpaired) electrons. The minimum atomic E-state index is 0.803. The maximum absolute atomic E-state index is 4.28. The minimum Gasteiger partial charge on any atom is -0.304 e. The number of nitrogens with one attached hydrogen (secondary N) is 1. The van der Waals surface area contributed by atoms with Crippen LogP contribution in [0, 0.1) is 0 Å². The van der Waals surface area contributed by atoms with E-state index in [1.165, 1.54) is 0 Å². The van der Waals surface area contributed by atoms with Crippen LogP contribution in [0.15, 0.2) is 34.7 Å². The molecule has 0 aromatic carbocycles. The second-order valence-corrected chi connectivity index (χ2v) is 3.88. The summed E-state index contributed by atoms with van der Waals surface area (Å²) in [4.78, 5) is 8.43. The molecule has 0 saturated heterocycles. The summed E-state index contributed by atoms with van der Waals surface area (Å²) in [6, 6.07) is 0. The number of aliphatic imine (C=N–C) groups is 1. The van der Waals surface area contributed by atoms with Gasteiger partial charge in [-0.25, -0.2) is 4.98 Å². The van der Waals surface area contributed by atoms with E-state index in [2.05, 4.69) is 15.4 Å². The summed E-state index contributed by atoms with van der Waals surface area (Å²) in [5, 5.41) is 5.05. The Balaban J connectivity index is 2.02. The molecule has 2 aliphatic heterocycles. The second kappa shape index (κ2) is 2.95. The highest BCUT2D eigenvalue weighted by molar-refractivity contribution is 7.10. The van der Waals surface area contributed by atoms with Crippen LogP contribution in [0.25, 0.3) is 5.57 Å². The van der Waals surface area contributed by atoms with Crippen LogP contribution in [0.1, 0.15) is 5.01 Å². The third-order valence-electron chi connectivity index (χ3n) is 2.16. The molecule has 14 heavy (non-hydrogen) atoms. The largest absolute Gasteiger partial charge is 0.304 e. The lowest BCUT2D eigenvalue weighted by Crippen LogP contribution is -2.31. The number of hydrazine groups is 1. The molecule has 2 aliphatic rings. The molecule has 70 valence electrons. The van der Waals surface area contributed by atoms with Gasteiger partial charge in [0.15, 0.2) is 0 Å². The van der Waals surface area contributed by atoms with Crippen LogP contribution in [0.5, 0.6) is 0 Å². The van der Waals surface area contributed by atoms with Crippen molar-refractivity contribution in [2.45, 2.75) is 0 Å². The summed E-state index contributed by atoms with van der Waals surface area (Å²) >= 11 is 1.64. The van der Waals surface area contributed by atoms with Crippen molar-refractivity contribution in [1.29, 1.82) is 0 Å². The average Bonchev–Trinajstić information content (AvgIpc) is 2.85. The smallest absolute Gasteiger partial charge is 0.127 e. The molecule has 0 amide bonds. The molecule has 0 bridgehead atoms. The maximum atomic E-state index is 4.28. The molecule has 0 aliphatic carbocycles. The van der Waals surface area contributed by atoms with Crippen molar-refractivity contribution in [3.05, 3.63) is 34.7 Å². The first kappa shape index (κ1) is 7.75. The van der Waals surface area contributed by atoms with E-state index in [0.29, 0.717) is 0 Å². The molecule has 1 aromatic heterocycles. The molecule has 1 N–H and O–H groups in total. The zero-order valence-electron chi connectivity index (χ0n) is 7.34. The number of hydrogen-bond donors (Lipinski definition) is 1. The van der Waals surface area contributed by atoms with Crippen LogP contribution in [0.3, 0.4) is 0 Å². The topological polar surface area (TPSA) is 40.5 Å². The van der Waals surface area contributed by atoms with Gasteiger partial charge < -0.3 is 5.43 Å². The Morgan fingerprint density at radius 3 is 3.36 bits per heavy atom. The van der Waals surface area contributed by atoms with Gasteiger partial charge in [0.1, 0.15) is 5.01 Å². The highest BCUT2D eigenvalue weighted by Gasteiger charge is 2.23.